The van der Waals surface area contributed by atoms with E-state index in [0.29, 0.717) is 18.8 Å². The van der Waals surface area contributed by atoms with Crippen LogP contribution < -0.4 is 15.7 Å². The number of fused-ring (bicyclic) bond motifs is 1. The summed E-state index contributed by atoms with van der Waals surface area (Å²) < 4.78 is 8.63. The number of carbonyl (C=O) groups excluding carboxylic acids is 1. The standard InChI is InChI=1S/C20H23N3O3/c1-3-13-22-17-7-5-6-8-18(17)23(20(22)25)14-19(24)21-15-9-11-16(12-10-15)26-4-2/h5-12H,3-4,13-14H2,1-2H3,(H,21,24). The number of carbonyl (C=O) groups is 1. The van der Waals surface area contributed by atoms with Crippen LogP contribution >= 0.6 is 0 Å². The van der Waals surface area contributed by atoms with Crippen LogP contribution in [0.5, 0.6) is 5.75 Å². The zero-order valence-corrected chi connectivity index (χ0v) is 15.1. The minimum absolute atomic E-state index is 0.0245. The molecule has 0 fully saturated rings. The lowest BCUT2D eigenvalue weighted by atomic mass is 10.3. The zero-order valence-electron chi connectivity index (χ0n) is 15.1. The monoisotopic (exact) mass is 353 g/mol. The summed E-state index contributed by atoms with van der Waals surface area (Å²) in [5.41, 5.74) is 2.14. The van der Waals surface area contributed by atoms with Crippen LogP contribution in [0.4, 0.5) is 5.69 Å². The molecule has 0 atom stereocenters. The fourth-order valence-corrected chi connectivity index (χ4v) is 3.01. The molecule has 1 amide bonds. The first-order valence-electron chi connectivity index (χ1n) is 8.84. The first-order valence-corrected chi connectivity index (χ1v) is 8.84. The van der Waals surface area contributed by atoms with Crippen LogP contribution in [0.15, 0.2) is 53.3 Å². The lowest BCUT2D eigenvalue weighted by Gasteiger charge is -2.08. The van der Waals surface area contributed by atoms with E-state index < -0.39 is 0 Å². The summed E-state index contributed by atoms with van der Waals surface area (Å²) in [6.07, 6.45) is 0.853. The van der Waals surface area contributed by atoms with Crippen molar-refractivity contribution in [2.45, 2.75) is 33.4 Å². The van der Waals surface area contributed by atoms with Crippen molar-refractivity contribution in [3.8, 4) is 5.75 Å². The van der Waals surface area contributed by atoms with E-state index in [1.54, 1.807) is 28.8 Å². The van der Waals surface area contributed by atoms with Crippen LogP contribution in [0.1, 0.15) is 20.3 Å². The number of nitrogens with zero attached hydrogens (tertiary/aromatic N) is 2. The average molecular weight is 353 g/mol. The van der Waals surface area contributed by atoms with Crippen molar-refractivity contribution in [1.82, 2.24) is 9.13 Å². The van der Waals surface area contributed by atoms with Gasteiger partial charge in [-0.2, -0.15) is 0 Å². The van der Waals surface area contributed by atoms with E-state index in [2.05, 4.69) is 5.32 Å². The highest BCUT2D eigenvalue weighted by molar-refractivity contribution is 5.91. The molecule has 0 aliphatic carbocycles. The molecule has 2 aromatic carbocycles. The van der Waals surface area contributed by atoms with Gasteiger partial charge in [-0.15, -0.1) is 0 Å². The van der Waals surface area contributed by atoms with Crippen LogP contribution in [-0.4, -0.2) is 21.6 Å². The quantitative estimate of drug-likeness (QED) is 0.709. The molecule has 0 aliphatic rings. The van der Waals surface area contributed by atoms with Gasteiger partial charge in [-0.05, 0) is 49.7 Å². The Labute approximate surface area is 152 Å². The number of para-hydroxylation sites is 2. The maximum atomic E-state index is 12.7. The van der Waals surface area contributed by atoms with E-state index in [1.807, 2.05) is 38.1 Å². The van der Waals surface area contributed by atoms with Gasteiger partial charge in [0.05, 0.1) is 17.6 Å². The molecule has 3 rings (SSSR count). The third kappa shape index (κ3) is 3.64. The third-order valence-electron chi connectivity index (χ3n) is 4.12. The second-order valence-electron chi connectivity index (χ2n) is 6.01. The highest BCUT2D eigenvalue weighted by Gasteiger charge is 2.14. The van der Waals surface area contributed by atoms with Crippen LogP contribution in [0.25, 0.3) is 11.0 Å². The Morgan fingerprint density at radius 1 is 1.00 bits per heavy atom. The van der Waals surface area contributed by atoms with Gasteiger partial charge in [-0.3, -0.25) is 13.9 Å². The lowest BCUT2D eigenvalue weighted by Crippen LogP contribution is -2.29. The first kappa shape index (κ1) is 17.8. The molecule has 26 heavy (non-hydrogen) atoms. The largest absolute Gasteiger partial charge is 0.494 e. The number of aryl methyl sites for hydroxylation is 1. The van der Waals surface area contributed by atoms with Crippen molar-refractivity contribution in [2.24, 2.45) is 0 Å². The molecule has 0 saturated carbocycles. The predicted molar refractivity (Wildman–Crippen MR) is 103 cm³/mol. The molecule has 0 spiro atoms. The van der Waals surface area contributed by atoms with E-state index in [0.717, 1.165) is 23.2 Å². The highest BCUT2D eigenvalue weighted by Crippen LogP contribution is 2.16. The van der Waals surface area contributed by atoms with Gasteiger partial charge >= 0.3 is 5.69 Å². The summed E-state index contributed by atoms with van der Waals surface area (Å²) in [6.45, 7) is 5.15. The minimum atomic E-state index is -0.240. The van der Waals surface area contributed by atoms with Gasteiger partial charge in [0.1, 0.15) is 12.3 Å². The van der Waals surface area contributed by atoms with Gasteiger partial charge < -0.3 is 10.1 Å². The molecule has 1 heterocycles. The molecule has 0 saturated heterocycles. The number of nitrogens with one attached hydrogen (secondary N) is 1. The number of amides is 1. The molecule has 0 bridgehead atoms. The van der Waals surface area contributed by atoms with Gasteiger partial charge in [0.25, 0.3) is 0 Å². The van der Waals surface area contributed by atoms with Crippen molar-refractivity contribution in [2.75, 3.05) is 11.9 Å². The Kier molecular flexibility index (Phi) is 5.41. The van der Waals surface area contributed by atoms with Gasteiger partial charge in [0, 0.05) is 12.2 Å². The number of hydrogen-bond acceptors (Lipinski definition) is 3. The van der Waals surface area contributed by atoms with E-state index in [-0.39, 0.29) is 18.1 Å². The predicted octanol–water partition coefficient (Wildman–Crippen LogP) is 3.25. The van der Waals surface area contributed by atoms with E-state index >= 15 is 0 Å². The number of imidazole rings is 1. The number of benzene rings is 2. The van der Waals surface area contributed by atoms with Crippen LogP contribution in [0.3, 0.4) is 0 Å². The maximum Gasteiger partial charge on any atom is 0.329 e. The Bertz CT molecular complexity index is 955. The fourth-order valence-electron chi connectivity index (χ4n) is 3.01. The number of hydrogen-bond donors (Lipinski definition) is 1. The SMILES string of the molecule is CCCn1c(=O)n(CC(=O)Nc2ccc(OCC)cc2)c2ccccc21. The van der Waals surface area contributed by atoms with E-state index in [9.17, 15) is 9.59 Å². The summed E-state index contributed by atoms with van der Waals surface area (Å²) in [7, 11) is 0. The van der Waals surface area contributed by atoms with Crippen molar-refractivity contribution in [1.29, 1.82) is 0 Å². The van der Waals surface area contributed by atoms with Crippen molar-refractivity contribution in [3.63, 3.8) is 0 Å². The molecule has 6 nitrogen and oxygen atoms in total. The summed E-state index contributed by atoms with van der Waals surface area (Å²) in [4.78, 5) is 25.2. The molecule has 0 aliphatic heterocycles. The molecule has 136 valence electrons. The van der Waals surface area contributed by atoms with Gasteiger partial charge in [-0.1, -0.05) is 19.1 Å². The topological polar surface area (TPSA) is 65.3 Å². The smallest absolute Gasteiger partial charge is 0.329 e. The van der Waals surface area contributed by atoms with Crippen LogP contribution in [-0.2, 0) is 17.9 Å². The molecule has 1 N–H and O–H groups in total. The molecule has 3 aromatic rings. The zero-order chi connectivity index (χ0) is 18.5. The Morgan fingerprint density at radius 2 is 1.65 bits per heavy atom. The normalized spacial score (nSPS) is 10.8. The average Bonchev–Trinajstić information content (AvgIpc) is 2.90. The van der Waals surface area contributed by atoms with Crippen LogP contribution in [0.2, 0.25) is 0 Å². The van der Waals surface area contributed by atoms with Gasteiger partial charge in [0.15, 0.2) is 0 Å². The molecular weight excluding hydrogens is 330 g/mol. The Hall–Kier alpha value is -3.02. The highest BCUT2D eigenvalue weighted by atomic mass is 16.5. The van der Waals surface area contributed by atoms with Crippen molar-refractivity contribution >= 4 is 22.6 Å². The maximum absolute atomic E-state index is 12.7. The number of aromatic nitrogens is 2. The van der Waals surface area contributed by atoms with Gasteiger partial charge in [-0.25, -0.2) is 4.79 Å². The minimum Gasteiger partial charge on any atom is -0.494 e. The summed E-state index contributed by atoms with van der Waals surface area (Å²) >= 11 is 0. The van der Waals surface area contributed by atoms with Crippen molar-refractivity contribution in [3.05, 3.63) is 59.0 Å². The third-order valence-corrected chi connectivity index (χ3v) is 4.12. The van der Waals surface area contributed by atoms with Crippen LogP contribution in [0, 0.1) is 0 Å². The Balaban J connectivity index is 1.81. The molecule has 6 heteroatoms. The molecule has 1 aromatic heterocycles. The number of anilines is 1. The second-order valence-corrected chi connectivity index (χ2v) is 6.01. The summed E-state index contributed by atoms with van der Waals surface area (Å²) in [6, 6.07) is 14.7. The number of rotatable bonds is 7. The van der Waals surface area contributed by atoms with Gasteiger partial charge in [0.2, 0.25) is 5.91 Å². The Morgan fingerprint density at radius 3 is 2.27 bits per heavy atom. The van der Waals surface area contributed by atoms with E-state index in [1.165, 1.54) is 4.57 Å². The van der Waals surface area contributed by atoms with E-state index in [4.69, 9.17) is 4.74 Å². The second kappa shape index (κ2) is 7.91. The molecule has 0 radical (unpaired) electrons. The van der Waals surface area contributed by atoms with Crippen molar-refractivity contribution < 1.29 is 9.53 Å². The molecule has 0 unspecified atom stereocenters. The fraction of sp³-hybridized carbons (Fsp3) is 0.300. The molecular formula is C20H23N3O3. The lowest BCUT2D eigenvalue weighted by molar-refractivity contribution is -0.116. The number of ether oxygens (including phenoxy) is 1. The summed E-state index contributed by atoms with van der Waals surface area (Å²) in [5.74, 6) is 0.514. The summed E-state index contributed by atoms with van der Waals surface area (Å²) in [5, 5.41) is 2.83. The first-order chi connectivity index (χ1) is 12.6.